The summed E-state index contributed by atoms with van der Waals surface area (Å²) < 4.78 is 45.3. The molecular formula is C16H10F3NO2. The first-order valence-corrected chi connectivity index (χ1v) is 6.41. The highest BCUT2D eigenvalue weighted by Gasteiger charge is 2.22. The molecular weight excluding hydrogens is 295 g/mol. The number of benzene rings is 2. The summed E-state index contributed by atoms with van der Waals surface area (Å²) in [7, 11) is 0. The second-order valence-electron chi connectivity index (χ2n) is 4.61. The highest BCUT2D eigenvalue weighted by Crippen LogP contribution is 2.34. The van der Waals surface area contributed by atoms with Gasteiger partial charge in [-0.05, 0) is 6.07 Å². The van der Waals surface area contributed by atoms with E-state index in [9.17, 15) is 18.3 Å². The van der Waals surface area contributed by atoms with Gasteiger partial charge < -0.3 is 9.63 Å². The number of nitrogens with zero attached hydrogens (tertiary/aromatic N) is 1. The lowest BCUT2D eigenvalue weighted by Gasteiger charge is -2.03. The second-order valence-corrected chi connectivity index (χ2v) is 4.61. The van der Waals surface area contributed by atoms with Gasteiger partial charge in [0.05, 0.1) is 17.7 Å². The fourth-order valence-corrected chi connectivity index (χ4v) is 2.19. The molecule has 0 saturated carbocycles. The molecule has 0 unspecified atom stereocenters. The van der Waals surface area contributed by atoms with Crippen molar-refractivity contribution in [3.8, 4) is 22.6 Å². The van der Waals surface area contributed by atoms with Gasteiger partial charge in [0.25, 0.3) is 0 Å². The second kappa shape index (κ2) is 5.65. The first-order valence-electron chi connectivity index (χ1n) is 6.41. The summed E-state index contributed by atoms with van der Waals surface area (Å²) in [5.74, 6) is -3.63. The molecule has 0 bridgehead atoms. The molecule has 0 fully saturated rings. The summed E-state index contributed by atoms with van der Waals surface area (Å²) in [6, 6.07) is 9.92. The van der Waals surface area contributed by atoms with Crippen molar-refractivity contribution in [2.45, 2.75) is 6.61 Å². The molecule has 1 heterocycles. The van der Waals surface area contributed by atoms with Crippen LogP contribution in [0.3, 0.4) is 0 Å². The van der Waals surface area contributed by atoms with E-state index in [4.69, 9.17) is 4.52 Å². The number of hydrogen-bond donors (Lipinski definition) is 1. The largest absolute Gasteiger partial charge is 0.391 e. The molecule has 22 heavy (non-hydrogen) atoms. The van der Waals surface area contributed by atoms with E-state index in [2.05, 4.69) is 5.16 Å². The Morgan fingerprint density at radius 2 is 1.64 bits per heavy atom. The molecule has 0 aliphatic carbocycles. The van der Waals surface area contributed by atoms with Crippen molar-refractivity contribution >= 4 is 0 Å². The quantitative estimate of drug-likeness (QED) is 0.746. The predicted molar refractivity (Wildman–Crippen MR) is 73.2 cm³/mol. The first kappa shape index (κ1) is 14.3. The lowest BCUT2D eigenvalue weighted by atomic mass is 10.0. The van der Waals surface area contributed by atoms with Gasteiger partial charge in [-0.2, -0.15) is 0 Å². The van der Waals surface area contributed by atoms with Gasteiger partial charge in [0.2, 0.25) is 0 Å². The normalized spacial score (nSPS) is 10.9. The zero-order valence-corrected chi connectivity index (χ0v) is 11.2. The Morgan fingerprint density at radius 3 is 2.32 bits per heavy atom. The molecule has 3 nitrogen and oxygen atoms in total. The summed E-state index contributed by atoms with van der Waals surface area (Å²) in [5.41, 5.74) is 0.889. The van der Waals surface area contributed by atoms with Crippen LogP contribution in [0.25, 0.3) is 22.6 Å². The van der Waals surface area contributed by atoms with E-state index in [0.717, 1.165) is 0 Å². The summed E-state index contributed by atoms with van der Waals surface area (Å²) in [6.07, 6.45) is 0. The van der Waals surface area contributed by atoms with Gasteiger partial charge in [-0.3, -0.25) is 0 Å². The highest BCUT2D eigenvalue weighted by molar-refractivity contribution is 5.72. The fourth-order valence-electron chi connectivity index (χ4n) is 2.19. The van der Waals surface area contributed by atoms with E-state index < -0.39 is 24.1 Å². The molecule has 1 aromatic heterocycles. The maximum atomic E-state index is 13.9. The summed E-state index contributed by atoms with van der Waals surface area (Å²) in [5, 5.41) is 13.3. The van der Waals surface area contributed by atoms with Crippen LogP contribution in [0, 0.1) is 17.5 Å². The van der Waals surface area contributed by atoms with Crippen molar-refractivity contribution < 1.29 is 22.8 Å². The zero-order valence-electron chi connectivity index (χ0n) is 11.2. The van der Waals surface area contributed by atoms with Gasteiger partial charge >= 0.3 is 0 Å². The van der Waals surface area contributed by atoms with Crippen LogP contribution in [0.1, 0.15) is 5.56 Å². The van der Waals surface area contributed by atoms with E-state index in [1.165, 1.54) is 0 Å². The van der Waals surface area contributed by atoms with Crippen LogP contribution in [0.2, 0.25) is 0 Å². The molecule has 112 valence electrons. The van der Waals surface area contributed by atoms with E-state index >= 15 is 0 Å². The Kier molecular flexibility index (Phi) is 3.68. The third kappa shape index (κ3) is 2.37. The van der Waals surface area contributed by atoms with Gasteiger partial charge in [-0.15, -0.1) is 0 Å². The molecule has 0 aliphatic heterocycles. The monoisotopic (exact) mass is 305 g/mol. The molecule has 2 aromatic carbocycles. The van der Waals surface area contributed by atoms with Gasteiger partial charge in [-0.25, -0.2) is 13.2 Å². The number of aliphatic hydroxyl groups excluding tert-OH is 1. The SMILES string of the molecule is OCc1c(-c2ccccc2)noc1-c1cc(F)c(F)cc1F. The van der Waals surface area contributed by atoms with Crippen LogP contribution in [0.4, 0.5) is 13.2 Å². The Balaban J connectivity index is 2.18. The van der Waals surface area contributed by atoms with E-state index in [-0.39, 0.29) is 16.9 Å². The molecule has 1 N–H and O–H groups in total. The van der Waals surface area contributed by atoms with Crippen molar-refractivity contribution in [2.75, 3.05) is 0 Å². The molecule has 3 rings (SSSR count). The average Bonchev–Trinajstić information content (AvgIpc) is 2.95. The molecule has 6 heteroatoms. The fraction of sp³-hybridized carbons (Fsp3) is 0.0625. The topological polar surface area (TPSA) is 46.3 Å². The molecule has 0 atom stereocenters. The van der Waals surface area contributed by atoms with E-state index in [1.807, 2.05) is 0 Å². The Bertz CT molecular complexity index is 816. The lowest BCUT2D eigenvalue weighted by Crippen LogP contribution is -1.94. The molecule has 0 aliphatic rings. The summed E-state index contributed by atoms with van der Waals surface area (Å²) in [4.78, 5) is 0. The molecule has 0 radical (unpaired) electrons. The number of halogens is 3. The minimum atomic E-state index is -1.30. The third-order valence-electron chi connectivity index (χ3n) is 3.25. The lowest BCUT2D eigenvalue weighted by molar-refractivity contribution is 0.281. The predicted octanol–water partition coefficient (Wildman–Crippen LogP) is 3.92. The standard InChI is InChI=1S/C16H10F3NO2/c17-12-7-14(19)13(18)6-10(12)16-11(8-21)15(20-22-16)9-4-2-1-3-5-9/h1-7,21H,8H2. The van der Waals surface area contributed by atoms with E-state index in [0.29, 0.717) is 23.4 Å². The number of aromatic nitrogens is 1. The van der Waals surface area contributed by atoms with Crippen LogP contribution >= 0.6 is 0 Å². The minimum Gasteiger partial charge on any atom is -0.391 e. The van der Waals surface area contributed by atoms with Crippen LogP contribution in [-0.4, -0.2) is 10.3 Å². The number of rotatable bonds is 3. The third-order valence-corrected chi connectivity index (χ3v) is 3.25. The van der Waals surface area contributed by atoms with E-state index in [1.54, 1.807) is 30.3 Å². The van der Waals surface area contributed by atoms with Crippen LogP contribution in [0.5, 0.6) is 0 Å². The Hall–Kier alpha value is -2.60. The van der Waals surface area contributed by atoms with Gasteiger partial charge in [0, 0.05) is 11.6 Å². The van der Waals surface area contributed by atoms with Crippen molar-refractivity contribution in [3.05, 3.63) is 65.5 Å². The van der Waals surface area contributed by atoms with Crippen molar-refractivity contribution in [3.63, 3.8) is 0 Å². The molecule has 0 saturated heterocycles. The summed E-state index contributed by atoms with van der Waals surface area (Å²) in [6.45, 7) is -0.485. The first-order chi connectivity index (χ1) is 10.6. The molecule has 0 spiro atoms. The van der Waals surface area contributed by atoms with Crippen LogP contribution in [-0.2, 0) is 6.61 Å². The van der Waals surface area contributed by atoms with Gasteiger partial charge in [-0.1, -0.05) is 35.5 Å². The molecule has 0 amide bonds. The number of aliphatic hydroxyl groups is 1. The van der Waals surface area contributed by atoms with Crippen LogP contribution < -0.4 is 0 Å². The smallest absolute Gasteiger partial charge is 0.176 e. The van der Waals surface area contributed by atoms with Crippen LogP contribution in [0.15, 0.2) is 47.0 Å². The number of hydrogen-bond acceptors (Lipinski definition) is 3. The van der Waals surface area contributed by atoms with Crippen molar-refractivity contribution in [1.29, 1.82) is 0 Å². The highest BCUT2D eigenvalue weighted by atomic mass is 19.2. The van der Waals surface area contributed by atoms with Gasteiger partial charge in [0.1, 0.15) is 11.5 Å². The maximum absolute atomic E-state index is 13.9. The Morgan fingerprint density at radius 1 is 0.955 bits per heavy atom. The van der Waals surface area contributed by atoms with Crippen molar-refractivity contribution in [2.24, 2.45) is 0 Å². The zero-order chi connectivity index (χ0) is 15.7. The average molecular weight is 305 g/mol. The van der Waals surface area contributed by atoms with Crippen molar-refractivity contribution in [1.82, 2.24) is 5.16 Å². The minimum absolute atomic E-state index is 0.127. The summed E-state index contributed by atoms with van der Waals surface area (Å²) >= 11 is 0. The molecule has 3 aromatic rings. The maximum Gasteiger partial charge on any atom is 0.176 e. The van der Waals surface area contributed by atoms with Gasteiger partial charge in [0.15, 0.2) is 17.4 Å². The Labute approximate surface area is 123 Å².